The summed E-state index contributed by atoms with van der Waals surface area (Å²) in [5.41, 5.74) is 1.12. The van der Waals surface area contributed by atoms with E-state index in [2.05, 4.69) is 25.3 Å². The summed E-state index contributed by atoms with van der Waals surface area (Å²) in [7, 11) is 0. The number of hydrogen-bond acceptors (Lipinski definition) is 6. The highest BCUT2D eigenvalue weighted by Gasteiger charge is 2.31. The van der Waals surface area contributed by atoms with Crippen LogP contribution in [0.15, 0.2) is 47.1 Å². The Morgan fingerprint density at radius 2 is 2.17 bits per heavy atom. The van der Waals surface area contributed by atoms with Crippen molar-refractivity contribution < 1.29 is 9.32 Å². The van der Waals surface area contributed by atoms with E-state index in [1.54, 1.807) is 36.5 Å². The van der Waals surface area contributed by atoms with Crippen molar-refractivity contribution in [1.29, 1.82) is 0 Å². The van der Waals surface area contributed by atoms with Gasteiger partial charge in [0.15, 0.2) is 5.82 Å². The molecule has 1 unspecified atom stereocenters. The standard InChI is InChI=1S/C21H22ClN5O2/c1-13(2)21-25-19(26-29-21)17-7-4-10-27(17)18-9-8-14(12-23-18)20(28)24-16-6-3-5-15(22)11-16/h3,5-6,8-9,11-13,17H,4,7,10H2,1-2H3,(H,24,28). The summed E-state index contributed by atoms with van der Waals surface area (Å²) in [5.74, 6) is 2.09. The number of carbonyl (C=O) groups excluding carboxylic acids is 1. The van der Waals surface area contributed by atoms with Crippen LogP contribution in [-0.4, -0.2) is 27.6 Å². The molecule has 1 aromatic carbocycles. The molecule has 8 heteroatoms. The van der Waals surface area contributed by atoms with Crippen LogP contribution in [0.5, 0.6) is 0 Å². The highest BCUT2D eigenvalue weighted by atomic mass is 35.5. The number of pyridine rings is 1. The lowest BCUT2D eigenvalue weighted by Gasteiger charge is -2.23. The van der Waals surface area contributed by atoms with E-state index in [1.807, 2.05) is 19.9 Å². The number of nitrogens with one attached hydrogen (secondary N) is 1. The molecule has 0 spiro atoms. The summed E-state index contributed by atoms with van der Waals surface area (Å²) in [6.45, 7) is 4.91. The van der Waals surface area contributed by atoms with Gasteiger partial charge in [0, 0.05) is 29.4 Å². The molecule has 3 heterocycles. The second kappa shape index (κ2) is 8.21. The molecule has 0 aliphatic carbocycles. The Kier molecular flexibility index (Phi) is 5.49. The smallest absolute Gasteiger partial charge is 0.257 e. The summed E-state index contributed by atoms with van der Waals surface area (Å²) >= 11 is 5.96. The Morgan fingerprint density at radius 1 is 1.31 bits per heavy atom. The van der Waals surface area contributed by atoms with Crippen molar-refractivity contribution in [2.75, 3.05) is 16.8 Å². The molecule has 1 saturated heterocycles. The van der Waals surface area contributed by atoms with Crippen molar-refractivity contribution in [3.05, 3.63) is 64.9 Å². The molecule has 1 fully saturated rings. The summed E-state index contributed by atoms with van der Waals surface area (Å²) in [6.07, 6.45) is 3.55. The largest absolute Gasteiger partial charge is 0.346 e. The van der Waals surface area contributed by atoms with Gasteiger partial charge in [-0.3, -0.25) is 4.79 Å². The Bertz CT molecular complexity index is 1000. The molecule has 2 aromatic heterocycles. The fraction of sp³-hybridized carbons (Fsp3) is 0.333. The zero-order valence-electron chi connectivity index (χ0n) is 16.3. The first kappa shape index (κ1) is 19.4. The van der Waals surface area contributed by atoms with Gasteiger partial charge in [0.25, 0.3) is 5.91 Å². The number of rotatable bonds is 5. The van der Waals surface area contributed by atoms with Crippen molar-refractivity contribution in [2.45, 2.75) is 38.6 Å². The molecule has 1 amide bonds. The Balaban J connectivity index is 1.48. The normalized spacial score (nSPS) is 16.4. The third kappa shape index (κ3) is 4.24. The SMILES string of the molecule is CC(C)c1nc(C2CCCN2c2ccc(C(=O)Nc3cccc(Cl)c3)cn2)no1. The number of carbonyl (C=O) groups is 1. The predicted molar refractivity (Wildman–Crippen MR) is 111 cm³/mol. The van der Waals surface area contributed by atoms with Gasteiger partial charge in [-0.15, -0.1) is 0 Å². The molecule has 4 rings (SSSR count). The molecule has 0 radical (unpaired) electrons. The van der Waals surface area contributed by atoms with E-state index in [9.17, 15) is 4.79 Å². The van der Waals surface area contributed by atoms with Crippen molar-refractivity contribution in [3.8, 4) is 0 Å². The first-order valence-corrected chi connectivity index (χ1v) is 10.0. The van der Waals surface area contributed by atoms with Crippen molar-refractivity contribution in [2.24, 2.45) is 0 Å². The van der Waals surface area contributed by atoms with E-state index in [0.717, 1.165) is 25.2 Å². The van der Waals surface area contributed by atoms with Crippen LogP contribution in [0.25, 0.3) is 0 Å². The summed E-state index contributed by atoms with van der Waals surface area (Å²) in [5, 5.41) is 7.56. The predicted octanol–water partition coefficient (Wildman–Crippen LogP) is 4.84. The lowest BCUT2D eigenvalue weighted by molar-refractivity contribution is 0.102. The zero-order valence-corrected chi connectivity index (χ0v) is 17.1. The van der Waals surface area contributed by atoms with Crippen molar-refractivity contribution >= 4 is 29.0 Å². The van der Waals surface area contributed by atoms with Crippen LogP contribution in [0.4, 0.5) is 11.5 Å². The molecular weight excluding hydrogens is 390 g/mol. The zero-order chi connectivity index (χ0) is 20.4. The quantitative estimate of drug-likeness (QED) is 0.647. The fourth-order valence-corrected chi connectivity index (χ4v) is 3.58. The van der Waals surface area contributed by atoms with Gasteiger partial charge in [-0.05, 0) is 43.2 Å². The van der Waals surface area contributed by atoms with Gasteiger partial charge in [0.2, 0.25) is 5.89 Å². The van der Waals surface area contributed by atoms with Crippen molar-refractivity contribution in [3.63, 3.8) is 0 Å². The van der Waals surface area contributed by atoms with Crippen LogP contribution < -0.4 is 10.2 Å². The van der Waals surface area contributed by atoms with Gasteiger partial charge in [-0.1, -0.05) is 36.7 Å². The van der Waals surface area contributed by atoms with Crippen LogP contribution in [0.3, 0.4) is 0 Å². The van der Waals surface area contributed by atoms with Gasteiger partial charge in [0.1, 0.15) is 5.82 Å². The van der Waals surface area contributed by atoms with E-state index >= 15 is 0 Å². The number of aromatic nitrogens is 3. The Hall–Kier alpha value is -2.93. The maximum Gasteiger partial charge on any atom is 0.257 e. The van der Waals surface area contributed by atoms with E-state index in [1.165, 1.54) is 0 Å². The van der Waals surface area contributed by atoms with Crippen LogP contribution >= 0.6 is 11.6 Å². The average molecular weight is 412 g/mol. The molecule has 150 valence electrons. The summed E-state index contributed by atoms with van der Waals surface area (Å²) in [4.78, 5) is 23.7. The molecule has 0 saturated carbocycles. The van der Waals surface area contributed by atoms with Crippen LogP contribution in [-0.2, 0) is 0 Å². The lowest BCUT2D eigenvalue weighted by Crippen LogP contribution is -2.24. The third-order valence-electron chi connectivity index (χ3n) is 4.89. The van der Waals surface area contributed by atoms with Crippen LogP contribution in [0.2, 0.25) is 5.02 Å². The monoisotopic (exact) mass is 411 g/mol. The maximum atomic E-state index is 12.5. The molecule has 1 aliphatic rings. The number of anilines is 2. The highest BCUT2D eigenvalue weighted by Crippen LogP contribution is 2.34. The molecule has 7 nitrogen and oxygen atoms in total. The third-order valence-corrected chi connectivity index (χ3v) is 5.12. The first-order valence-electron chi connectivity index (χ1n) is 9.64. The van der Waals surface area contributed by atoms with E-state index in [0.29, 0.717) is 28.0 Å². The number of halogens is 1. The summed E-state index contributed by atoms with van der Waals surface area (Å²) in [6, 6.07) is 10.7. The molecule has 1 atom stereocenters. The number of benzene rings is 1. The fourth-order valence-electron chi connectivity index (χ4n) is 3.39. The second-order valence-corrected chi connectivity index (χ2v) is 7.80. The Morgan fingerprint density at radius 3 is 2.86 bits per heavy atom. The Labute approximate surface area is 174 Å². The topological polar surface area (TPSA) is 84.2 Å². The molecule has 29 heavy (non-hydrogen) atoms. The minimum absolute atomic E-state index is 0.0323. The molecular formula is C21H22ClN5O2. The van der Waals surface area contributed by atoms with Gasteiger partial charge in [-0.2, -0.15) is 4.98 Å². The van der Waals surface area contributed by atoms with Gasteiger partial charge >= 0.3 is 0 Å². The van der Waals surface area contributed by atoms with Gasteiger partial charge in [-0.25, -0.2) is 4.98 Å². The molecule has 1 aliphatic heterocycles. The first-order chi connectivity index (χ1) is 14.0. The van der Waals surface area contributed by atoms with E-state index < -0.39 is 0 Å². The van der Waals surface area contributed by atoms with Gasteiger partial charge < -0.3 is 14.7 Å². The second-order valence-electron chi connectivity index (χ2n) is 7.37. The number of nitrogens with zero attached hydrogens (tertiary/aromatic N) is 4. The maximum absolute atomic E-state index is 12.5. The number of amides is 1. The average Bonchev–Trinajstić information content (AvgIpc) is 3.37. The summed E-state index contributed by atoms with van der Waals surface area (Å²) < 4.78 is 5.37. The minimum Gasteiger partial charge on any atom is -0.346 e. The minimum atomic E-state index is -0.232. The highest BCUT2D eigenvalue weighted by molar-refractivity contribution is 6.30. The molecule has 0 bridgehead atoms. The number of hydrogen-bond donors (Lipinski definition) is 1. The lowest BCUT2D eigenvalue weighted by atomic mass is 10.2. The molecule has 1 N–H and O–H groups in total. The molecule has 3 aromatic rings. The van der Waals surface area contributed by atoms with E-state index in [-0.39, 0.29) is 17.9 Å². The van der Waals surface area contributed by atoms with Crippen LogP contribution in [0, 0.1) is 0 Å². The van der Waals surface area contributed by atoms with Crippen LogP contribution in [0.1, 0.15) is 60.7 Å². The van der Waals surface area contributed by atoms with Crippen molar-refractivity contribution in [1.82, 2.24) is 15.1 Å². The van der Waals surface area contributed by atoms with Gasteiger partial charge in [0.05, 0.1) is 11.6 Å². The van der Waals surface area contributed by atoms with E-state index in [4.69, 9.17) is 16.1 Å².